The van der Waals surface area contributed by atoms with Crippen molar-refractivity contribution in [1.29, 1.82) is 0 Å². The lowest BCUT2D eigenvalue weighted by Crippen LogP contribution is -1.95. The number of nitrogens with one attached hydrogen (secondary N) is 1. The molecule has 19 heavy (non-hydrogen) atoms. The molecule has 0 aliphatic carbocycles. The highest BCUT2D eigenvalue weighted by atomic mass is 35.5. The highest BCUT2D eigenvalue weighted by Gasteiger charge is 2.03. The van der Waals surface area contributed by atoms with Gasteiger partial charge in [0.1, 0.15) is 0 Å². The average molecular weight is 270 g/mol. The molecule has 1 heterocycles. The number of fused-ring (bicyclic) bond motifs is 1. The van der Waals surface area contributed by atoms with Gasteiger partial charge in [-0.1, -0.05) is 30.3 Å². The normalized spacial score (nSPS) is 10.6. The van der Waals surface area contributed by atoms with Crippen LogP contribution in [0.1, 0.15) is 5.56 Å². The molecule has 3 rings (SSSR count). The zero-order valence-corrected chi connectivity index (χ0v) is 10.9. The number of hydrogen-bond donors (Lipinski definition) is 1. The Morgan fingerprint density at radius 1 is 1.05 bits per heavy atom. The zero-order chi connectivity index (χ0) is 13.1. The van der Waals surface area contributed by atoms with Crippen molar-refractivity contribution < 1.29 is 0 Å². The summed E-state index contributed by atoms with van der Waals surface area (Å²) in [5, 5.41) is 12.5. The van der Waals surface area contributed by atoms with Crippen molar-refractivity contribution in [2.24, 2.45) is 0 Å². The van der Waals surface area contributed by atoms with Crippen LogP contribution in [0.3, 0.4) is 0 Å². The number of rotatable bonds is 3. The van der Waals surface area contributed by atoms with E-state index >= 15 is 0 Å². The van der Waals surface area contributed by atoms with Gasteiger partial charge in [0.05, 0.1) is 17.4 Å². The van der Waals surface area contributed by atoms with Crippen molar-refractivity contribution in [2.45, 2.75) is 5.88 Å². The van der Waals surface area contributed by atoms with Crippen LogP contribution in [-0.4, -0.2) is 10.2 Å². The first-order chi connectivity index (χ1) is 9.36. The van der Waals surface area contributed by atoms with Crippen molar-refractivity contribution in [1.82, 2.24) is 10.2 Å². The Balaban J connectivity index is 2.01. The van der Waals surface area contributed by atoms with E-state index in [4.69, 9.17) is 11.6 Å². The fourth-order valence-electron chi connectivity index (χ4n) is 1.99. The molecule has 94 valence electrons. The Bertz CT molecular complexity index is 707. The first kappa shape index (κ1) is 11.9. The summed E-state index contributed by atoms with van der Waals surface area (Å²) in [5.41, 5.74) is 3.90. The van der Waals surface area contributed by atoms with E-state index in [9.17, 15) is 0 Å². The first-order valence-electron chi connectivity index (χ1n) is 5.99. The molecule has 0 fully saturated rings. The maximum atomic E-state index is 5.85. The predicted molar refractivity (Wildman–Crippen MR) is 78.8 cm³/mol. The number of halogens is 1. The largest absolute Gasteiger partial charge is 0.354 e. The lowest BCUT2D eigenvalue weighted by molar-refractivity contribution is 1.08. The zero-order valence-electron chi connectivity index (χ0n) is 10.2. The SMILES string of the molecule is ClCc1cccc(Nc2cnnc3ccccc23)c1. The smallest absolute Gasteiger partial charge is 0.0950 e. The Labute approximate surface area is 116 Å². The highest BCUT2D eigenvalue weighted by molar-refractivity contribution is 6.17. The molecular formula is C15H12ClN3. The molecule has 4 heteroatoms. The molecule has 0 saturated carbocycles. The number of anilines is 2. The third-order valence-corrected chi connectivity index (χ3v) is 3.22. The van der Waals surface area contributed by atoms with E-state index in [2.05, 4.69) is 15.5 Å². The third kappa shape index (κ3) is 2.51. The van der Waals surface area contributed by atoms with Crippen LogP contribution in [0.15, 0.2) is 54.7 Å². The second-order valence-corrected chi connectivity index (χ2v) is 4.50. The van der Waals surface area contributed by atoms with E-state index in [1.807, 2.05) is 48.5 Å². The van der Waals surface area contributed by atoms with Crippen LogP contribution >= 0.6 is 11.6 Å². The van der Waals surface area contributed by atoms with E-state index < -0.39 is 0 Å². The van der Waals surface area contributed by atoms with E-state index in [0.717, 1.165) is 27.8 Å². The monoisotopic (exact) mass is 269 g/mol. The molecule has 0 aliphatic heterocycles. The fraction of sp³-hybridized carbons (Fsp3) is 0.0667. The van der Waals surface area contributed by atoms with Crippen molar-refractivity contribution in [2.75, 3.05) is 5.32 Å². The molecule has 1 aromatic heterocycles. The number of aromatic nitrogens is 2. The molecular weight excluding hydrogens is 258 g/mol. The van der Waals surface area contributed by atoms with Crippen LogP contribution in [-0.2, 0) is 5.88 Å². The van der Waals surface area contributed by atoms with Crippen LogP contribution in [0.25, 0.3) is 10.9 Å². The Morgan fingerprint density at radius 2 is 1.95 bits per heavy atom. The summed E-state index contributed by atoms with van der Waals surface area (Å²) in [5.74, 6) is 0.505. The molecule has 0 aliphatic rings. The summed E-state index contributed by atoms with van der Waals surface area (Å²) in [4.78, 5) is 0. The van der Waals surface area contributed by atoms with Gasteiger partial charge in [0, 0.05) is 17.0 Å². The molecule has 0 bridgehead atoms. The van der Waals surface area contributed by atoms with Gasteiger partial charge in [-0.25, -0.2) is 0 Å². The molecule has 3 nitrogen and oxygen atoms in total. The second kappa shape index (κ2) is 5.24. The Kier molecular flexibility index (Phi) is 3.29. The second-order valence-electron chi connectivity index (χ2n) is 4.23. The quantitative estimate of drug-likeness (QED) is 0.727. The molecule has 0 atom stereocenters. The molecule has 0 amide bonds. The van der Waals surface area contributed by atoms with E-state index in [1.54, 1.807) is 6.20 Å². The van der Waals surface area contributed by atoms with Gasteiger partial charge >= 0.3 is 0 Å². The molecule has 0 radical (unpaired) electrons. The summed E-state index contributed by atoms with van der Waals surface area (Å²) < 4.78 is 0. The van der Waals surface area contributed by atoms with E-state index in [1.165, 1.54) is 0 Å². The topological polar surface area (TPSA) is 37.8 Å². The molecule has 3 aromatic rings. The van der Waals surface area contributed by atoms with Crippen molar-refractivity contribution in [3.05, 3.63) is 60.3 Å². The summed E-state index contributed by atoms with van der Waals surface area (Å²) in [6, 6.07) is 15.9. The van der Waals surface area contributed by atoms with Gasteiger partial charge in [-0.3, -0.25) is 0 Å². The molecule has 0 saturated heterocycles. The Morgan fingerprint density at radius 3 is 2.84 bits per heavy atom. The van der Waals surface area contributed by atoms with Gasteiger partial charge < -0.3 is 5.32 Å². The summed E-state index contributed by atoms with van der Waals surface area (Å²) in [7, 11) is 0. The molecule has 2 aromatic carbocycles. The maximum absolute atomic E-state index is 5.85. The lowest BCUT2D eigenvalue weighted by Gasteiger charge is -2.09. The van der Waals surface area contributed by atoms with Crippen LogP contribution in [0.4, 0.5) is 11.4 Å². The van der Waals surface area contributed by atoms with Crippen LogP contribution in [0, 0.1) is 0 Å². The van der Waals surface area contributed by atoms with Crippen molar-refractivity contribution in [3.63, 3.8) is 0 Å². The highest BCUT2D eigenvalue weighted by Crippen LogP contribution is 2.24. The summed E-state index contributed by atoms with van der Waals surface area (Å²) in [6.45, 7) is 0. The minimum Gasteiger partial charge on any atom is -0.354 e. The van der Waals surface area contributed by atoms with Crippen molar-refractivity contribution in [3.8, 4) is 0 Å². The molecule has 0 spiro atoms. The number of nitrogens with zero attached hydrogens (tertiary/aromatic N) is 2. The van der Waals surface area contributed by atoms with Gasteiger partial charge in [-0.05, 0) is 23.8 Å². The summed E-state index contributed by atoms with van der Waals surface area (Å²) >= 11 is 5.85. The molecule has 0 unspecified atom stereocenters. The number of benzene rings is 2. The third-order valence-electron chi connectivity index (χ3n) is 2.91. The van der Waals surface area contributed by atoms with Gasteiger partial charge in [0.2, 0.25) is 0 Å². The first-order valence-corrected chi connectivity index (χ1v) is 6.52. The van der Waals surface area contributed by atoms with Gasteiger partial charge in [0.15, 0.2) is 0 Å². The van der Waals surface area contributed by atoms with Crippen LogP contribution < -0.4 is 5.32 Å². The predicted octanol–water partition coefficient (Wildman–Crippen LogP) is 4.11. The standard InChI is InChI=1S/C15H12ClN3/c16-9-11-4-3-5-12(8-11)18-15-10-17-19-14-7-2-1-6-13(14)15/h1-8,10H,9H2,(H,18,19). The number of alkyl halides is 1. The van der Waals surface area contributed by atoms with Crippen molar-refractivity contribution >= 4 is 33.9 Å². The van der Waals surface area contributed by atoms with Gasteiger partial charge in [0.25, 0.3) is 0 Å². The van der Waals surface area contributed by atoms with E-state index in [-0.39, 0.29) is 0 Å². The maximum Gasteiger partial charge on any atom is 0.0950 e. The minimum absolute atomic E-state index is 0.505. The summed E-state index contributed by atoms with van der Waals surface area (Å²) in [6.07, 6.45) is 1.73. The minimum atomic E-state index is 0.505. The Hall–Kier alpha value is -2.13. The average Bonchev–Trinajstić information content (AvgIpc) is 2.48. The van der Waals surface area contributed by atoms with Crippen LogP contribution in [0.2, 0.25) is 0 Å². The molecule has 1 N–H and O–H groups in total. The van der Waals surface area contributed by atoms with Gasteiger partial charge in [-0.15, -0.1) is 11.6 Å². The fourth-order valence-corrected chi connectivity index (χ4v) is 2.16. The van der Waals surface area contributed by atoms with Gasteiger partial charge in [-0.2, -0.15) is 10.2 Å². The lowest BCUT2D eigenvalue weighted by atomic mass is 10.2. The van der Waals surface area contributed by atoms with Crippen LogP contribution in [0.5, 0.6) is 0 Å². The van der Waals surface area contributed by atoms with E-state index in [0.29, 0.717) is 5.88 Å². The number of hydrogen-bond acceptors (Lipinski definition) is 3.